The van der Waals surface area contributed by atoms with E-state index in [9.17, 15) is 9.90 Å². The first-order valence-corrected chi connectivity index (χ1v) is 7.04. The summed E-state index contributed by atoms with van der Waals surface area (Å²) in [6, 6.07) is 12.7. The summed E-state index contributed by atoms with van der Waals surface area (Å²) in [5.41, 5.74) is 3.15. The molecule has 0 aromatic heterocycles. The standard InChI is InChI=1S/C17H17ClO3/c1-11-3-4-12(2)13(9-11)10-16(17(19)20)21-15-7-5-14(18)6-8-15/h3-9,16H,10H2,1-2H3,(H,19,20)/t16-/m0/s1. The molecule has 0 saturated carbocycles. The molecule has 3 nitrogen and oxygen atoms in total. The number of carbonyl (C=O) groups is 1. The zero-order valence-corrected chi connectivity index (χ0v) is 12.7. The molecule has 110 valence electrons. The third-order valence-corrected chi connectivity index (χ3v) is 3.53. The number of hydrogen-bond acceptors (Lipinski definition) is 2. The van der Waals surface area contributed by atoms with Gasteiger partial charge in [0.15, 0.2) is 6.10 Å². The Kier molecular flexibility index (Phi) is 4.86. The summed E-state index contributed by atoms with van der Waals surface area (Å²) < 4.78 is 5.57. The summed E-state index contributed by atoms with van der Waals surface area (Å²) in [4.78, 5) is 11.4. The summed E-state index contributed by atoms with van der Waals surface area (Å²) in [7, 11) is 0. The van der Waals surface area contributed by atoms with Crippen LogP contribution in [0.25, 0.3) is 0 Å². The first-order valence-electron chi connectivity index (χ1n) is 6.67. The highest BCUT2D eigenvalue weighted by Gasteiger charge is 2.21. The summed E-state index contributed by atoms with van der Waals surface area (Å²) in [5.74, 6) is -0.483. The number of aryl methyl sites for hydroxylation is 2. The smallest absolute Gasteiger partial charge is 0.345 e. The molecule has 1 atom stereocenters. The van der Waals surface area contributed by atoms with Crippen LogP contribution < -0.4 is 4.74 Å². The normalized spacial score (nSPS) is 12.0. The fraction of sp³-hybridized carbons (Fsp3) is 0.235. The predicted molar refractivity (Wildman–Crippen MR) is 83.1 cm³/mol. The lowest BCUT2D eigenvalue weighted by atomic mass is 10.00. The van der Waals surface area contributed by atoms with E-state index >= 15 is 0 Å². The van der Waals surface area contributed by atoms with E-state index in [1.807, 2.05) is 32.0 Å². The van der Waals surface area contributed by atoms with E-state index < -0.39 is 12.1 Å². The Morgan fingerprint density at radius 1 is 1.19 bits per heavy atom. The number of aliphatic carboxylic acids is 1. The maximum absolute atomic E-state index is 11.4. The third-order valence-electron chi connectivity index (χ3n) is 3.28. The second kappa shape index (κ2) is 6.64. The quantitative estimate of drug-likeness (QED) is 0.907. The third kappa shape index (κ3) is 4.23. The van der Waals surface area contributed by atoms with E-state index in [1.165, 1.54) is 0 Å². The molecule has 0 aliphatic heterocycles. The number of hydrogen-bond donors (Lipinski definition) is 1. The van der Waals surface area contributed by atoms with E-state index in [2.05, 4.69) is 0 Å². The van der Waals surface area contributed by atoms with E-state index in [1.54, 1.807) is 24.3 Å². The molecule has 0 spiro atoms. The van der Waals surface area contributed by atoms with Crippen LogP contribution in [0, 0.1) is 13.8 Å². The van der Waals surface area contributed by atoms with Crippen molar-refractivity contribution >= 4 is 17.6 Å². The second-order valence-electron chi connectivity index (χ2n) is 5.03. The van der Waals surface area contributed by atoms with Crippen molar-refractivity contribution in [3.05, 3.63) is 64.2 Å². The molecule has 0 heterocycles. The van der Waals surface area contributed by atoms with Crippen LogP contribution >= 0.6 is 11.6 Å². The molecule has 21 heavy (non-hydrogen) atoms. The number of ether oxygens (including phenoxy) is 1. The van der Waals surface area contributed by atoms with Crippen molar-refractivity contribution in [2.45, 2.75) is 26.4 Å². The van der Waals surface area contributed by atoms with E-state index in [0.717, 1.165) is 16.7 Å². The van der Waals surface area contributed by atoms with Crippen molar-refractivity contribution in [1.29, 1.82) is 0 Å². The molecule has 1 N–H and O–H groups in total. The molecule has 2 rings (SSSR count). The van der Waals surface area contributed by atoms with Gasteiger partial charge in [0.25, 0.3) is 0 Å². The number of benzene rings is 2. The van der Waals surface area contributed by atoms with E-state index in [4.69, 9.17) is 16.3 Å². The average Bonchev–Trinajstić information content (AvgIpc) is 2.44. The fourth-order valence-electron chi connectivity index (χ4n) is 2.08. The summed E-state index contributed by atoms with van der Waals surface area (Å²) in [5, 5.41) is 9.95. The van der Waals surface area contributed by atoms with Crippen LogP contribution in [0.3, 0.4) is 0 Å². The highest BCUT2D eigenvalue weighted by molar-refractivity contribution is 6.30. The summed E-state index contributed by atoms with van der Waals surface area (Å²) >= 11 is 5.81. The Morgan fingerprint density at radius 2 is 1.86 bits per heavy atom. The molecule has 0 bridgehead atoms. The lowest BCUT2D eigenvalue weighted by Crippen LogP contribution is -2.29. The van der Waals surface area contributed by atoms with Gasteiger partial charge in [0.05, 0.1) is 0 Å². The Hall–Kier alpha value is -2.00. The zero-order chi connectivity index (χ0) is 15.4. The van der Waals surface area contributed by atoms with Crippen LogP contribution in [0.5, 0.6) is 5.75 Å². The molecule has 0 unspecified atom stereocenters. The Labute approximate surface area is 129 Å². The van der Waals surface area contributed by atoms with Gasteiger partial charge in [0.1, 0.15) is 5.75 Å². The molecule has 0 fully saturated rings. The van der Waals surface area contributed by atoms with Gasteiger partial charge in [-0.3, -0.25) is 0 Å². The second-order valence-corrected chi connectivity index (χ2v) is 5.47. The number of halogens is 1. The van der Waals surface area contributed by atoms with Crippen LogP contribution in [0.2, 0.25) is 5.02 Å². The van der Waals surface area contributed by atoms with Gasteiger partial charge in [-0.15, -0.1) is 0 Å². The fourth-order valence-corrected chi connectivity index (χ4v) is 2.20. The molecular weight excluding hydrogens is 288 g/mol. The van der Waals surface area contributed by atoms with Gasteiger partial charge in [-0.25, -0.2) is 4.79 Å². The first-order chi connectivity index (χ1) is 9.95. The molecule has 0 amide bonds. The van der Waals surface area contributed by atoms with Gasteiger partial charge in [-0.2, -0.15) is 0 Å². The van der Waals surface area contributed by atoms with Crippen molar-refractivity contribution in [2.75, 3.05) is 0 Å². The van der Waals surface area contributed by atoms with E-state index in [-0.39, 0.29) is 0 Å². The topological polar surface area (TPSA) is 46.5 Å². The maximum Gasteiger partial charge on any atom is 0.345 e. The molecule has 2 aromatic rings. The monoisotopic (exact) mass is 304 g/mol. The molecular formula is C17H17ClO3. The van der Waals surface area contributed by atoms with Crippen LogP contribution in [0.1, 0.15) is 16.7 Å². The van der Waals surface area contributed by atoms with Gasteiger partial charge in [0.2, 0.25) is 0 Å². The van der Waals surface area contributed by atoms with Crippen LogP contribution in [0.4, 0.5) is 0 Å². The predicted octanol–water partition coefficient (Wildman–Crippen LogP) is 4.03. The molecule has 0 radical (unpaired) electrons. The lowest BCUT2D eigenvalue weighted by molar-refractivity contribution is -0.145. The van der Waals surface area contributed by atoms with Crippen LogP contribution in [-0.4, -0.2) is 17.2 Å². The molecule has 0 saturated heterocycles. The Bertz CT molecular complexity index is 635. The molecule has 0 aliphatic carbocycles. The first kappa shape index (κ1) is 15.4. The lowest BCUT2D eigenvalue weighted by Gasteiger charge is -2.17. The number of carboxylic acids is 1. The number of carboxylic acid groups (broad SMARTS) is 1. The van der Waals surface area contributed by atoms with Crippen molar-refractivity contribution in [1.82, 2.24) is 0 Å². The van der Waals surface area contributed by atoms with Gasteiger partial charge in [0, 0.05) is 11.4 Å². The minimum absolute atomic E-state index is 0.325. The van der Waals surface area contributed by atoms with Crippen molar-refractivity contribution in [2.24, 2.45) is 0 Å². The van der Waals surface area contributed by atoms with Gasteiger partial charge >= 0.3 is 5.97 Å². The summed E-state index contributed by atoms with van der Waals surface area (Å²) in [6.45, 7) is 3.95. The van der Waals surface area contributed by atoms with Gasteiger partial charge in [-0.1, -0.05) is 35.4 Å². The van der Waals surface area contributed by atoms with Crippen LogP contribution in [0.15, 0.2) is 42.5 Å². The average molecular weight is 305 g/mol. The summed E-state index contributed by atoms with van der Waals surface area (Å²) in [6.07, 6.45) is -0.600. The Morgan fingerprint density at radius 3 is 2.48 bits per heavy atom. The SMILES string of the molecule is Cc1ccc(C)c(C[C@H](Oc2ccc(Cl)cc2)C(=O)O)c1. The van der Waals surface area contributed by atoms with Crippen LogP contribution in [-0.2, 0) is 11.2 Å². The van der Waals surface area contributed by atoms with Crippen molar-refractivity contribution in [3.8, 4) is 5.75 Å². The van der Waals surface area contributed by atoms with Crippen molar-refractivity contribution in [3.63, 3.8) is 0 Å². The molecule has 0 aliphatic rings. The van der Waals surface area contributed by atoms with Gasteiger partial charge in [-0.05, 0) is 49.2 Å². The minimum atomic E-state index is -0.981. The maximum atomic E-state index is 11.4. The molecule has 2 aromatic carbocycles. The highest BCUT2D eigenvalue weighted by Crippen LogP contribution is 2.20. The van der Waals surface area contributed by atoms with E-state index in [0.29, 0.717) is 17.2 Å². The molecule has 4 heteroatoms. The number of rotatable bonds is 5. The van der Waals surface area contributed by atoms with Gasteiger partial charge < -0.3 is 9.84 Å². The highest BCUT2D eigenvalue weighted by atomic mass is 35.5. The zero-order valence-electron chi connectivity index (χ0n) is 12.0. The van der Waals surface area contributed by atoms with Crippen molar-refractivity contribution < 1.29 is 14.6 Å². The minimum Gasteiger partial charge on any atom is -0.478 e. The Balaban J connectivity index is 2.17. The largest absolute Gasteiger partial charge is 0.478 e.